The number of ether oxygens (including phenoxy) is 2. The maximum absolute atomic E-state index is 8.25. The third kappa shape index (κ3) is 4.35. The van der Waals surface area contributed by atoms with Gasteiger partial charge in [0.1, 0.15) is 5.82 Å². The summed E-state index contributed by atoms with van der Waals surface area (Å²) in [4.78, 5) is 13.4. The summed E-state index contributed by atoms with van der Waals surface area (Å²) in [6, 6.07) is 3.63. The van der Waals surface area contributed by atoms with E-state index in [2.05, 4.69) is 21.7 Å². The van der Waals surface area contributed by atoms with Crippen molar-refractivity contribution in [1.82, 2.24) is 14.9 Å². The van der Waals surface area contributed by atoms with Crippen molar-refractivity contribution in [3.8, 4) is 11.5 Å². The van der Waals surface area contributed by atoms with E-state index in [1.807, 2.05) is 6.07 Å². The summed E-state index contributed by atoms with van der Waals surface area (Å²) >= 11 is 1.63. The third-order valence-electron chi connectivity index (χ3n) is 4.81. The molecular formula is C19H28N6O2S. The van der Waals surface area contributed by atoms with Crippen molar-refractivity contribution in [2.75, 3.05) is 56.8 Å². The number of benzene rings is 1. The highest BCUT2D eigenvalue weighted by Crippen LogP contribution is 2.34. The number of hydrogen-bond donors (Lipinski definition) is 2. The first-order valence-electron chi connectivity index (χ1n) is 9.47. The molecule has 0 unspecified atom stereocenters. The van der Waals surface area contributed by atoms with Gasteiger partial charge in [0.05, 0.1) is 19.7 Å². The molecule has 0 radical (unpaired) electrons. The highest BCUT2D eigenvalue weighted by atomic mass is 32.2. The molecule has 1 aromatic carbocycles. The van der Waals surface area contributed by atoms with Crippen LogP contribution in [-0.2, 0) is 0 Å². The molecule has 3 rings (SSSR count). The Kier molecular flexibility index (Phi) is 6.66. The largest absolute Gasteiger partial charge is 0.493 e. The van der Waals surface area contributed by atoms with Crippen molar-refractivity contribution < 1.29 is 9.47 Å². The normalized spacial score (nSPS) is 14.4. The molecule has 0 aliphatic carbocycles. The molecule has 0 saturated carbocycles. The number of nitrogens with two attached hydrogens (primary N) is 1. The van der Waals surface area contributed by atoms with Crippen LogP contribution in [0.15, 0.2) is 12.1 Å². The number of fused-ring (bicyclic) bond motifs is 1. The second kappa shape index (κ2) is 9.18. The Morgan fingerprint density at radius 1 is 1.14 bits per heavy atom. The minimum absolute atomic E-state index is 0.422. The van der Waals surface area contributed by atoms with Crippen molar-refractivity contribution in [2.24, 2.45) is 0 Å². The number of hydrogen-bond acceptors (Lipinski definition) is 8. The number of nitrogens with zero attached hydrogens (tertiary/aromatic N) is 4. The molecular weight excluding hydrogens is 376 g/mol. The van der Waals surface area contributed by atoms with Crippen molar-refractivity contribution >= 4 is 39.6 Å². The van der Waals surface area contributed by atoms with Gasteiger partial charge in [-0.15, -0.1) is 0 Å². The lowest BCUT2D eigenvalue weighted by atomic mass is 10.2. The number of thioether (sulfide) groups is 1. The number of amidine groups is 1. The fourth-order valence-electron chi connectivity index (χ4n) is 3.12. The Labute approximate surface area is 169 Å². The Hall–Kier alpha value is -2.42. The Morgan fingerprint density at radius 2 is 1.82 bits per heavy atom. The summed E-state index contributed by atoms with van der Waals surface area (Å²) in [6.45, 7) is 5.25. The van der Waals surface area contributed by atoms with Crippen molar-refractivity contribution in [1.29, 1.82) is 5.41 Å². The van der Waals surface area contributed by atoms with Gasteiger partial charge < -0.3 is 25.0 Å². The number of piperazine rings is 1. The van der Waals surface area contributed by atoms with E-state index in [0.29, 0.717) is 28.4 Å². The molecule has 1 fully saturated rings. The zero-order chi connectivity index (χ0) is 20.1. The zero-order valence-electron chi connectivity index (χ0n) is 16.7. The number of anilines is 2. The maximum atomic E-state index is 8.25. The number of nitrogen functional groups attached to an aromatic ring is 1. The summed E-state index contributed by atoms with van der Waals surface area (Å²) in [5, 5.41) is 9.65. The van der Waals surface area contributed by atoms with Gasteiger partial charge in [0, 0.05) is 43.4 Å². The molecule has 3 N–H and O–H groups in total. The van der Waals surface area contributed by atoms with Crippen LogP contribution in [0.4, 0.5) is 11.8 Å². The lowest BCUT2D eigenvalue weighted by Crippen LogP contribution is -2.48. The van der Waals surface area contributed by atoms with Gasteiger partial charge in [-0.25, -0.2) is 4.98 Å². The topological polar surface area (TPSA) is 101 Å². The summed E-state index contributed by atoms with van der Waals surface area (Å²) in [7, 11) is 3.19. The second-order valence-corrected chi connectivity index (χ2v) is 7.70. The number of aromatic nitrogens is 2. The molecule has 9 heteroatoms. The van der Waals surface area contributed by atoms with Crippen LogP contribution in [0.1, 0.15) is 19.8 Å². The summed E-state index contributed by atoms with van der Waals surface area (Å²) < 4.78 is 10.7. The number of nitrogens with one attached hydrogen (secondary N) is 1. The van der Waals surface area contributed by atoms with Crippen LogP contribution in [0.2, 0.25) is 0 Å². The zero-order valence-corrected chi connectivity index (χ0v) is 17.5. The Balaban J connectivity index is 1.73. The number of methoxy groups -OCH3 is 2. The summed E-state index contributed by atoms with van der Waals surface area (Å²) in [5.74, 6) is 3.26. The number of unbranched alkanes of at least 4 members (excludes halogenated alkanes) is 1. The van der Waals surface area contributed by atoms with E-state index in [4.69, 9.17) is 25.6 Å². The van der Waals surface area contributed by atoms with E-state index < -0.39 is 0 Å². The van der Waals surface area contributed by atoms with E-state index >= 15 is 0 Å². The van der Waals surface area contributed by atoms with E-state index in [0.717, 1.165) is 55.7 Å². The van der Waals surface area contributed by atoms with Gasteiger partial charge in [0.25, 0.3) is 0 Å². The van der Waals surface area contributed by atoms with Gasteiger partial charge >= 0.3 is 0 Å². The van der Waals surface area contributed by atoms with Gasteiger partial charge in [-0.2, -0.15) is 4.98 Å². The Morgan fingerprint density at radius 3 is 2.46 bits per heavy atom. The lowest BCUT2D eigenvalue weighted by molar-refractivity contribution is 0.356. The first-order chi connectivity index (χ1) is 13.6. The fourth-order valence-corrected chi connectivity index (χ4v) is 4.11. The molecule has 0 spiro atoms. The summed E-state index contributed by atoms with van der Waals surface area (Å²) in [5.41, 5.74) is 6.93. The second-order valence-electron chi connectivity index (χ2n) is 6.61. The standard InChI is InChI=1S/C19H28N6O2S/c1-4-5-10-28-18(21)24-6-8-25(9-7-24)19-22-14-12-16(27-3)15(26-2)11-13(14)17(20)23-19/h11-12,21H,4-10H2,1-3H3,(H2,20,22,23). The van der Waals surface area contributed by atoms with Crippen LogP contribution in [0.5, 0.6) is 11.5 Å². The molecule has 1 aliphatic rings. The molecule has 0 amide bonds. The number of rotatable bonds is 6. The van der Waals surface area contributed by atoms with E-state index in [-0.39, 0.29) is 0 Å². The molecule has 8 nitrogen and oxygen atoms in total. The van der Waals surface area contributed by atoms with Gasteiger partial charge in [-0.1, -0.05) is 25.1 Å². The molecule has 1 saturated heterocycles. The quantitative estimate of drug-likeness (QED) is 0.431. The van der Waals surface area contributed by atoms with Crippen LogP contribution in [0.25, 0.3) is 10.9 Å². The first-order valence-corrected chi connectivity index (χ1v) is 10.5. The third-order valence-corrected chi connectivity index (χ3v) is 5.83. The van der Waals surface area contributed by atoms with E-state index in [9.17, 15) is 0 Å². The van der Waals surface area contributed by atoms with Crippen molar-refractivity contribution in [2.45, 2.75) is 19.8 Å². The monoisotopic (exact) mass is 404 g/mol. The van der Waals surface area contributed by atoms with E-state index in [1.54, 1.807) is 32.0 Å². The minimum Gasteiger partial charge on any atom is -0.493 e. The van der Waals surface area contributed by atoms with Crippen LogP contribution in [0, 0.1) is 5.41 Å². The van der Waals surface area contributed by atoms with Crippen molar-refractivity contribution in [3.05, 3.63) is 12.1 Å². The molecule has 1 aromatic heterocycles. The molecule has 1 aliphatic heterocycles. The highest BCUT2D eigenvalue weighted by molar-refractivity contribution is 8.13. The van der Waals surface area contributed by atoms with Crippen LogP contribution < -0.4 is 20.1 Å². The molecule has 0 atom stereocenters. The lowest BCUT2D eigenvalue weighted by Gasteiger charge is -2.35. The summed E-state index contributed by atoms with van der Waals surface area (Å²) in [6.07, 6.45) is 2.30. The smallest absolute Gasteiger partial charge is 0.228 e. The highest BCUT2D eigenvalue weighted by Gasteiger charge is 2.22. The van der Waals surface area contributed by atoms with Crippen LogP contribution in [0.3, 0.4) is 0 Å². The molecule has 0 bridgehead atoms. The average Bonchev–Trinajstić information content (AvgIpc) is 2.73. The van der Waals surface area contributed by atoms with Crippen LogP contribution in [-0.4, -0.2) is 66.2 Å². The first kappa shape index (κ1) is 20.3. The SMILES string of the molecule is CCCCSC(=N)N1CCN(c2nc(N)c3cc(OC)c(OC)cc3n2)CC1. The van der Waals surface area contributed by atoms with Crippen molar-refractivity contribution in [3.63, 3.8) is 0 Å². The predicted octanol–water partition coefficient (Wildman–Crippen LogP) is 2.82. The fraction of sp³-hybridized carbons (Fsp3) is 0.526. The molecule has 2 aromatic rings. The van der Waals surface area contributed by atoms with Crippen LogP contribution >= 0.6 is 11.8 Å². The van der Waals surface area contributed by atoms with Gasteiger partial charge in [0.2, 0.25) is 5.95 Å². The average molecular weight is 405 g/mol. The Bertz CT molecular complexity index is 839. The molecule has 2 heterocycles. The minimum atomic E-state index is 0.422. The maximum Gasteiger partial charge on any atom is 0.228 e. The molecule has 152 valence electrons. The molecule has 28 heavy (non-hydrogen) atoms. The van der Waals surface area contributed by atoms with Gasteiger partial charge in [0.15, 0.2) is 16.7 Å². The van der Waals surface area contributed by atoms with E-state index in [1.165, 1.54) is 0 Å². The predicted molar refractivity (Wildman–Crippen MR) is 116 cm³/mol. The van der Waals surface area contributed by atoms with Gasteiger partial charge in [-0.3, -0.25) is 5.41 Å². The van der Waals surface area contributed by atoms with Gasteiger partial charge in [-0.05, 0) is 12.5 Å².